The lowest BCUT2D eigenvalue weighted by atomic mass is 10.0. The quantitative estimate of drug-likeness (QED) is 0.422. The van der Waals surface area contributed by atoms with Gasteiger partial charge in [-0.1, -0.05) is 72.3 Å². The van der Waals surface area contributed by atoms with E-state index in [1.54, 1.807) is 60.7 Å². The minimum absolute atomic E-state index is 0.0659. The number of hydrogen-bond donors (Lipinski definition) is 4. The molecule has 176 valence electrons. The minimum Gasteiger partial charge on any atom is -0.477 e. The first-order chi connectivity index (χ1) is 16.3. The summed E-state index contributed by atoms with van der Waals surface area (Å²) >= 11 is 7.25. The van der Waals surface area contributed by atoms with Crippen molar-refractivity contribution in [3.8, 4) is 0 Å². The Kier molecular flexibility index (Phi) is 6.92. The van der Waals surface area contributed by atoms with E-state index in [4.69, 9.17) is 17.3 Å². The Hall–Kier alpha value is -3.34. The van der Waals surface area contributed by atoms with Gasteiger partial charge in [-0.05, 0) is 11.1 Å². The number of aliphatic carboxylic acids is 1. The summed E-state index contributed by atoms with van der Waals surface area (Å²) in [6.45, 7) is 0. The molecular formula is C23H21ClN4O5S. The number of carboxylic acids is 1. The molecule has 34 heavy (non-hydrogen) atoms. The number of carboxylic acid groups (broad SMARTS) is 1. The molecule has 4 rings (SSSR count). The molecule has 11 heteroatoms. The Labute approximate surface area is 204 Å². The molecule has 1 saturated heterocycles. The maximum atomic E-state index is 13.2. The number of nitrogens with one attached hydrogen (secondary N) is 2. The number of β-lactam (4-membered cyclic amide) rings is 1. The molecule has 2 aliphatic heterocycles. The second-order valence-corrected chi connectivity index (χ2v) is 9.26. The third kappa shape index (κ3) is 4.52. The van der Waals surface area contributed by atoms with E-state index >= 15 is 0 Å². The van der Waals surface area contributed by atoms with E-state index in [0.717, 1.165) is 4.90 Å². The van der Waals surface area contributed by atoms with Crippen LogP contribution in [0, 0.1) is 0 Å². The summed E-state index contributed by atoms with van der Waals surface area (Å²) in [6.07, 6.45) is 0. The second-order valence-electron chi connectivity index (χ2n) is 7.70. The lowest BCUT2D eigenvalue weighted by Gasteiger charge is -2.49. The number of fused-ring (bicyclic) bond motifs is 1. The first-order valence-electron chi connectivity index (χ1n) is 10.3. The summed E-state index contributed by atoms with van der Waals surface area (Å²) in [4.78, 5) is 51.4. The minimum atomic E-state index is -1.31. The van der Waals surface area contributed by atoms with Crippen molar-refractivity contribution < 1.29 is 24.3 Å². The number of nitrogens with two attached hydrogens (primary N) is 1. The number of carbonyl (C=O) groups is 4. The topological polar surface area (TPSA) is 142 Å². The van der Waals surface area contributed by atoms with Gasteiger partial charge in [0.1, 0.15) is 29.2 Å². The van der Waals surface area contributed by atoms with Crippen LogP contribution in [-0.4, -0.2) is 50.9 Å². The Balaban J connectivity index is 1.52. The van der Waals surface area contributed by atoms with Gasteiger partial charge in [0.25, 0.3) is 5.91 Å². The predicted molar refractivity (Wildman–Crippen MR) is 126 cm³/mol. The fourth-order valence-corrected chi connectivity index (χ4v) is 5.36. The lowest BCUT2D eigenvalue weighted by Crippen LogP contribution is -2.71. The van der Waals surface area contributed by atoms with Crippen molar-refractivity contribution in [1.82, 2.24) is 15.5 Å². The van der Waals surface area contributed by atoms with Crippen molar-refractivity contribution in [2.75, 3.05) is 5.75 Å². The highest BCUT2D eigenvalue weighted by Gasteiger charge is 2.54. The monoisotopic (exact) mass is 500 g/mol. The van der Waals surface area contributed by atoms with Crippen LogP contribution in [0.2, 0.25) is 0 Å². The van der Waals surface area contributed by atoms with Crippen molar-refractivity contribution in [1.29, 1.82) is 0 Å². The predicted octanol–water partition coefficient (Wildman–Crippen LogP) is 1.48. The summed E-state index contributed by atoms with van der Waals surface area (Å²) in [6, 6.07) is 14.2. The van der Waals surface area contributed by atoms with Gasteiger partial charge in [-0.2, -0.15) is 0 Å². The van der Waals surface area contributed by atoms with Crippen LogP contribution in [0.1, 0.15) is 23.2 Å². The highest BCUT2D eigenvalue weighted by molar-refractivity contribution is 8.00. The van der Waals surface area contributed by atoms with E-state index in [-0.39, 0.29) is 16.5 Å². The van der Waals surface area contributed by atoms with E-state index in [0.29, 0.717) is 11.1 Å². The highest BCUT2D eigenvalue weighted by atomic mass is 35.5. The number of nitrogens with zero attached hydrogens (tertiary/aromatic N) is 1. The number of rotatable bonds is 7. The fraction of sp³-hybridized carbons (Fsp3) is 0.217. The fourth-order valence-electron chi connectivity index (χ4n) is 3.81. The zero-order chi connectivity index (χ0) is 24.4. The van der Waals surface area contributed by atoms with Crippen LogP contribution in [0.5, 0.6) is 0 Å². The van der Waals surface area contributed by atoms with Crippen molar-refractivity contribution in [2.24, 2.45) is 5.73 Å². The molecule has 2 aliphatic rings. The maximum Gasteiger partial charge on any atom is 0.353 e. The number of amides is 3. The van der Waals surface area contributed by atoms with Crippen LogP contribution in [0.4, 0.5) is 0 Å². The van der Waals surface area contributed by atoms with Crippen molar-refractivity contribution >= 4 is 47.1 Å². The summed E-state index contributed by atoms with van der Waals surface area (Å²) in [7, 11) is 0. The van der Waals surface area contributed by atoms with E-state index in [1.165, 1.54) is 11.8 Å². The molecule has 9 nitrogen and oxygen atoms in total. The molecule has 2 heterocycles. The largest absolute Gasteiger partial charge is 0.477 e. The molecule has 0 spiro atoms. The molecule has 5 N–H and O–H groups in total. The number of hydrogen-bond acceptors (Lipinski definition) is 6. The van der Waals surface area contributed by atoms with Crippen molar-refractivity contribution in [3.63, 3.8) is 0 Å². The summed E-state index contributed by atoms with van der Waals surface area (Å²) in [5, 5.41) is 14.2. The number of carbonyl (C=O) groups excluding carboxylic acids is 3. The summed E-state index contributed by atoms with van der Waals surface area (Å²) in [5.41, 5.74) is 6.90. The zero-order valence-corrected chi connectivity index (χ0v) is 19.3. The van der Waals surface area contributed by atoms with Gasteiger partial charge in [0.2, 0.25) is 11.8 Å². The molecule has 2 aromatic carbocycles. The molecule has 3 amide bonds. The van der Waals surface area contributed by atoms with Gasteiger partial charge < -0.3 is 21.5 Å². The van der Waals surface area contributed by atoms with E-state index in [2.05, 4.69) is 10.6 Å². The number of halogens is 1. The molecule has 0 aliphatic carbocycles. The maximum absolute atomic E-state index is 13.2. The van der Waals surface area contributed by atoms with Crippen LogP contribution in [0.15, 0.2) is 71.4 Å². The molecular weight excluding hydrogens is 480 g/mol. The third-order valence-corrected chi connectivity index (χ3v) is 7.30. The van der Waals surface area contributed by atoms with Crippen molar-refractivity contribution in [3.05, 3.63) is 82.5 Å². The van der Waals surface area contributed by atoms with Gasteiger partial charge in [-0.15, -0.1) is 11.8 Å². The Morgan fingerprint density at radius 1 is 1.03 bits per heavy atom. The Morgan fingerprint density at radius 2 is 1.62 bits per heavy atom. The van der Waals surface area contributed by atoms with Gasteiger partial charge in [0.05, 0.1) is 5.03 Å². The average molecular weight is 501 g/mol. The van der Waals surface area contributed by atoms with Crippen LogP contribution < -0.4 is 16.4 Å². The van der Waals surface area contributed by atoms with E-state index in [9.17, 15) is 24.3 Å². The second kappa shape index (κ2) is 9.88. The van der Waals surface area contributed by atoms with Gasteiger partial charge >= 0.3 is 5.97 Å². The molecule has 0 radical (unpaired) electrons. The summed E-state index contributed by atoms with van der Waals surface area (Å²) in [5.74, 6) is -2.87. The number of benzene rings is 2. The van der Waals surface area contributed by atoms with Gasteiger partial charge in [-0.25, -0.2) is 4.79 Å². The molecule has 1 fully saturated rings. The van der Waals surface area contributed by atoms with Crippen LogP contribution in [0.3, 0.4) is 0 Å². The first-order valence-corrected chi connectivity index (χ1v) is 11.7. The summed E-state index contributed by atoms with van der Waals surface area (Å²) < 4.78 is 0. The molecule has 2 unspecified atom stereocenters. The lowest BCUT2D eigenvalue weighted by molar-refractivity contribution is -0.151. The molecule has 4 atom stereocenters. The van der Waals surface area contributed by atoms with E-state index < -0.39 is 47.2 Å². The average Bonchev–Trinajstić information content (AvgIpc) is 2.85. The van der Waals surface area contributed by atoms with Gasteiger partial charge in [0, 0.05) is 5.75 Å². The molecule has 0 aromatic heterocycles. The Bertz CT molecular complexity index is 1160. The Morgan fingerprint density at radius 3 is 2.21 bits per heavy atom. The van der Waals surface area contributed by atoms with Crippen LogP contribution in [0.25, 0.3) is 0 Å². The van der Waals surface area contributed by atoms with Crippen LogP contribution in [-0.2, 0) is 19.2 Å². The standard InChI is InChI=1S/C23H21ClN4O5S/c24-14-11-34-22-17(21(31)28(22)18(14)23(32)33)27-20(30)16(13-9-5-2-6-10-13)26-19(29)15(25)12-7-3-1-4-8-12/h1-10,15-17,22H,11,25H2,(H,26,29)(H,27,30)(H,32,33)/t15-,16-,17?,22?/m1/s1. The molecule has 2 aromatic rings. The molecule has 0 saturated carbocycles. The van der Waals surface area contributed by atoms with E-state index in [1.807, 2.05) is 0 Å². The zero-order valence-electron chi connectivity index (χ0n) is 17.7. The smallest absolute Gasteiger partial charge is 0.353 e. The van der Waals surface area contributed by atoms with Gasteiger partial charge in [-0.3, -0.25) is 19.3 Å². The SMILES string of the molecule is N[C@@H](C(=O)N[C@@H](C(=O)NC1C(=O)N2C(C(=O)O)=C(Cl)CSC12)c1ccccc1)c1ccccc1. The number of thioether (sulfide) groups is 1. The normalized spacial score (nSPS) is 21.1. The third-order valence-electron chi connectivity index (χ3n) is 5.54. The highest BCUT2D eigenvalue weighted by Crippen LogP contribution is 2.41. The van der Waals surface area contributed by atoms with Crippen LogP contribution >= 0.6 is 23.4 Å². The van der Waals surface area contributed by atoms with Gasteiger partial charge in [0.15, 0.2) is 0 Å². The molecule has 0 bridgehead atoms. The first kappa shape index (κ1) is 23.8. The van der Waals surface area contributed by atoms with Crippen molar-refractivity contribution in [2.45, 2.75) is 23.5 Å².